The van der Waals surface area contributed by atoms with Gasteiger partial charge in [0.15, 0.2) is 0 Å². The maximum absolute atomic E-state index is 12.4. The van der Waals surface area contributed by atoms with Crippen LogP contribution < -0.4 is 5.32 Å². The number of fused-ring (bicyclic) bond motifs is 2. The second kappa shape index (κ2) is 5.77. The number of hydrogen-bond acceptors (Lipinski definition) is 4. The average molecular weight is 326 g/mol. The summed E-state index contributed by atoms with van der Waals surface area (Å²) in [6, 6.07) is 8.13. The molecule has 3 heterocycles. The Bertz CT molecular complexity index is 833. The van der Waals surface area contributed by atoms with Crippen molar-refractivity contribution in [1.29, 1.82) is 0 Å². The van der Waals surface area contributed by atoms with Crippen molar-refractivity contribution in [3.63, 3.8) is 0 Å². The van der Waals surface area contributed by atoms with Crippen molar-refractivity contribution >= 4 is 27.5 Å². The van der Waals surface area contributed by atoms with Gasteiger partial charge in [-0.1, -0.05) is 19.1 Å². The number of benzene rings is 1. The normalized spacial score (nSPS) is 14.8. The van der Waals surface area contributed by atoms with Gasteiger partial charge in [0.1, 0.15) is 0 Å². The second-order valence-electron chi connectivity index (χ2n) is 5.96. The first-order valence-electron chi connectivity index (χ1n) is 7.91. The number of rotatable bonds is 4. The maximum atomic E-state index is 12.4. The van der Waals surface area contributed by atoms with Gasteiger partial charge in [0, 0.05) is 19.0 Å². The summed E-state index contributed by atoms with van der Waals surface area (Å²) >= 11 is 1.70. The van der Waals surface area contributed by atoms with Crippen molar-refractivity contribution in [3.8, 4) is 0 Å². The average Bonchev–Trinajstić information content (AvgIpc) is 3.25. The number of aromatic nitrogens is 3. The van der Waals surface area contributed by atoms with Gasteiger partial charge in [-0.25, -0.2) is 4.98 Å². The van der Waals surface area contributed by atoms with Gasteiger partial charge in [-0.2, -0.15) is 5.10 Å². The van der Waals surface area contributed by atoms with Crippen LogP contribution in [0.25, 0.3) is 10.2 Å². The minimum atomic E-state index is -0.0267. The summed E-state index contributed by atoms with van der Waals surface area (Å²) in [5.41, 5.74) is 2.81. The third kappa shape index (κ3) is 2.63. The van der Waals surface area contributed by atoms with Crippen molar-refractivity contribution < 1.29 is 4.79 Å². The molecule has 2 aromatic heterocycles. The molecule has 0 radical (unpaired) electrons. The van der Waals surface area contributed by atoms with E-state index in [0.29, 0.717) is 6.54 Å². The Balaban J connectivity index is 1.44. The fourth-order valence-corrected chi connectivity index (χ4v) is 4.00. The highest BCUT2D eigenvalue weighted by atomic mass is 32.1. The van der Waals surface area contributed by atoms with E-state index in [1.165, 1.54) is 4.70 Å². The molecule has 1 aliphatic rings. The number of carbonyl (C=O) groups excluding carboxylic acids is 1. The lowest BCUT2D eigenvalue weighted by Crippen LogP contribution is -2.28. The van der Waals surface area contributed by atoms with Crippen LogP contribution >= 0.6 is 11.3 Å². The Morgan fingerprint density at radius 1 is 1.43 bits per heavy atom. The zero-order valence-electron chi connectivity index (χ0n) is 13.0. The minimum absolute atomic E-state index is 0.0267. The standard InChI is InChI=1S/C17H18N4OS/c1-11(17-20-13-5-2-3-7-15(13)23-17)9-18-16(22)12-10-19-21-8-4-6-14(12)21/h2-3,5,7,10-11H,4,6,8-9H2,1H3,(H,18,22)/t11-/m1/s1. The van der Waals surface area contributed by atoms with Crippen molar-refractivity contribution in [2.24, 2.45) is 0 Å². The molecule has 0 saturated carbocycles. The van der Waals surface area contributed by atoms with E-state index >= 15 is 0 Å². The Morgan fingerprint density at radius 2 is 2.30 bits per heavy atom. The molecule has 0 fully saturated rings. The first-order chi connectivity index (χ1) is 11.2. The van der Waals surface area contributed by atoms with E-state index in [0.717, 1.165) is 41.2 Å². The molecule has 1 N–H and O–H groups in total. The molecular weight excluding hydrogens is 308 g/mol. The Morgan fingerprint density at radius 3 is 3.17 bits per heavy atom. The quantitative estimate of drug-likeness (QED) is 0.802. The molecular formula is C17H18N4OS. The Hall–Kier alpha value is -2.21. The highest BCUT2D eigenvalue weighted by Crippen LogP contribution is 2.27. The van der Waals surface area contributed by atoms with Crippen LogP contribution in [-0.4, -0.2) is 27.2 Å². The number of carbonyl (C=O) groups is 1. The number of hydrogen-bond donors (Lipinski definition) is 1. The van der Waals surface area contributed by atoms with Crippen molar-refractivity contribution in [3.05, 3.63) is 46.7 Å². The number of amides is 1. The zero-order chi connectivity index (χ0) is 15.8. The van der Waals surface area contributed by atoms with Gasteiger partial charge >= 0.3 is 0 Å². The first-order valence-corrected chi connectivity index (χ1v) is 8.72. The monoisotopic (exact) mass is 326 g/mol. The molecule has 1 aliphatic heterocycles. The molecule has 5 nitrogen and oxygen atoms in total. The van der Waals surface area contributed by atoms with E-state index in [1.54, 1.807) is 17.5 Å². The molecule has 0 saturated heterocycles. The van der Waals surface area contributed by atoms with E-state index in [9.17, 15) is 4.79 Å². The molecule has 118 valence electrons. The number of thiazole rings is 1. The lowest BCUT2D eigenvalue weighted by Gasteiger charge is -2.09. The largest absolute Gasteiger partial charge is 0.351 e. The van der Waals surface area contributed by atoms with Crippen LogP contribution in [0.5, 0.6) is 0 Å². The number of para-hydroxylation sites is 1. The summed E-state index contributed by atoms with van der Waals surface area (Å²) in [7, 11) is 0. The van der Waals surface area contributed by atoms with Crippen LogP contribution in [0, 0.1) is 0 Å². The molecule has 0 bridgehead atoms. The summed E-state index contributed by atoms with van der Waals surface area (Å²) in [5.74, 6) is 0.168. The van der Waals surface area contributed by atoms with E-state index in [1.807, 2.05) is 22.9 Å². The van der Waals surface area contributed by atoms with Gasteiger partial charge in [0.25, 0.3) is 5.91 Å². The SMILES string of the molecule is C[C@H](CNC(=O)c1cnn2c1CCC2)c1nc2ccccc2s1. The van der Waals surface area contributed by atoms with Crippen LogP contribution in [0.1, 0.15) is 40.3 Å². The summed E-state index contributed by atoms with van der Waals surface area (Å²) in [6.07, 6.45) is 3.70. The maximum Gasteiger partial charge on any atom is 0.254 e. The van der Waals surface area contributed by atoms with Crippen molar-refractivity contribution in [1.82, 2.24) is 20.1 Å². The van der Waals surface area contributed by atoms with Crippen LogP contribution in [0.2, 0.25) is 0 Å². The molecule has 0 spiro atoms. The first kappa shape index (κ1) is 14.4. The topological polar surface area (TPSA) is 59.8 Å². The van der Waals surface area contributed by atoms with Crippen LogP contribution in [0.15, 0.2) is 30.5 Å². The van der Waals surface area contributed by atoms with E-state index in [-0.39, 0.29) is 11.8 Å². The fraction of sp³-hybridized carbons (Fsp3) is 0.353. The van der Waals surface area contributed by atoms with E-state index in [2.05, 4.69) is 28.4 Å². The van der Waals surface area contributed by atoms with Gasteiger partial charge in [-0.3, -0.25) is 9.48 Å². The third-order valence-corrected chi connectivity index (χ3v) is 5.55. The lowest BCUT2D eigenvalue weighted by atomic mass is 10.1. The number of aryl methyl sites for hydroxylation is 1. The molecule has 0 unspecified atom stereocenters. The highest BCUT2D eigenvalue weighted by molar-refractivity contribution is 7.18. The Labute approximate surface area is 138 Å². The summed E-state index contributed by atoms with van der Waals surface area (Å²) in [4.78, 5) is 17.1. The van der Waals surface area contributed by atoms with Crippen molar-refractivity contribution in [2.75, 3.05) is 6.54 Å². The van der Waals surface area contributed by atoms with Gasteiger partial charge in [-0.15, -0.1) is 11.3 Å². The molecule has 1 amide bonds. The number of nitrogens with zero attached hydrogens (tertiary/aromatic N) is 3. The van der Waals surface area contributed by atoms with Gasteiger partial charge in [0.05, 0.1) is 32.7 Å². The summed E-state index contributed by atoms with van der Waals surface area (Å²) in [6.45, 7) is 3.61. The predicted octanol–water partition coefficient (Wildman–Crippen LogP) is 2.97. The lowest BCUT2D eigenvalue weighted by molar-refractivity contribution is 0.0951. The highest BCUT2D eigenvalue weighted by Gasteiger charge is 2.21. The molecule has 4 rings (SSSR count). The fourth-order valence-electron chi connectivity index (χ4n) is 2.98. The molecule has 1 atom stereocenters. The van der Waals surface area contributed by atoms with Crippen LogP contribution in [-0.2, 0) is 13.0 Å². The number of nitrogens with one attached hydrogen (secondary N) is 1. The third-order valence-electron chi connectivity index (χ3n) is 4.28. The molecule has 0 aliphatic carbocycles. The molecule has 6 heteroatoms. The van der Waals surface area contributed by atoms with Crippen LogP contribution in [0.3, 0.4) is 0 Å². The zero-order valence-corrected chi connectivity index (χ0v) is 13.8. The second-order valence-corrected chi connectivity index (χ2v) is 7.02. The van der Waals surface area contributed by atoms with Gasteiger partial charge in [-0.05, 0) is 25.0 Å². The molecule has 3 aromatic rings. The minimum Gasteiger partial charge on any atom is -0.351 e. The van der Waals surface area contributed by atoms with Crippen molar-refractivity contribution in [2.45, 2.75) is 32.2 Å². The predicted molar refractivity (Wildman–Crippen MR) is 90.9 cm³/mol. The van der Waals surface area contributed by atoms with E-state index in [4.69, 9.17) is 0 Å². The Kier molecular flexibility index (Phi) is 3.61. The molecule has 1 aromatic carbocycles. The molecule has 23 heavy (non-hydrogen) atoms. The smallest absolute Gasteiger partial charge is 0.254 e. The summed E-state index contributed by atoms with van der Waals surface area (Å²) in [5, 5.41) is 8.37. The van der Waals surface area contributed by atoms with Gasteiger partial charge in [0.2, 0.25) is 0 Å². The van der Waals surface area contributed by atoms with E-state index < -0.39 is 0 Å². The summed E-state index contributed by atoms with van der Waals surface area (Å²) < 4.78 is 3.13. The van der Waals surface area contributed by atoms with Gasteiger partial charge < -0.3 is 5.32 Å². The van der Waals surface area contributed by atoms with Crippen LogP contribution in [0.4, 0.5) is 0 Å².